The molecule has 1 heterocycles. The van der Waals surface area contributed by atoms with E-state index in [0.717, 1.165) is 24.0 Å². The summed E-state index contributed by atoms with van der Waals surface area (Å²) in [6.07, 6.45) is 2.94. The van der Waals surface area contributed by atoms with Crippen LogP contribution in [0.5, 0.6) is 5.75 Å². The highest BCUT2D eigenvalue weighted by atomic mass is 16.5. The molecule has 4 rings (SSSR count). The molecule has 0 bridgehead atoms. The van der Waals surface area contributed by atoms with Gasteiger partial charge in [0.2, 0.25) is 11.8 Å². The highest BCUT2D eigenvalue weighted by Gasteiger charge is 2.39. The fraction of sp³-hybridized carbons (Fsp3) is 0.371. The number of nitrogens with zero attached hydrogens (tertiary/aromatic N) is 2. The average Bonchev–Trinajstić information content (AvgIpc) is 3.77. The van der Waals surface area contributed by atoms with Crippen LogP contribution in [0.1, 0.15) is 66.6 Å². The Morgan fingerprint density at radius 3 is 2.38 bits per heavy atom. The number of amides is 4. The maximum absolute atomic E-state index is 13.5. The summed E-state index contributed by atoms with van der Waals surface area (Å²) < 4.78 is 11.0. The number of rotatable bonds is 13. The van der Waals surface area contributed by atoms with Gasteiger partial charge in [0, 0.05) is 18.2 Å². The molecular weight excluding hydrogens is 600 g/mol. The molecule has 1 fully saturated rings. The molecule has 3 aromatic rings. The third kappa shape index (κ3) is 10.6. The summed E-state index contributed by atoms with van der Waals surface area (Å²) in [4.78, 5) is 52.3. The maximum Gasteiger partial charge on any atom is 0.274 e. The van der Waals surface area contributed by atoms with Gasteiger partial charge in [-0.2, -0.15) is 5.26 Å². The normalized spacial score (nSPS) is 14.3. The second-order valence-electron chi connectivity index (χ2n) is 12.6. The molecule has 12 nitrogen and oxygen atoms in total. The van der Waals surface area contributed by atoms with E-state index in [9.17, 15) is 24.4 Å². The van der Waals surface area contributed by atoms with Gasteiger partial charge >= 0.3 is 0 Å². The summed E-state index contributed by atoms with van der Waals surface area (Å²) in [5.41, 5.74) is 1.96. The van der Waals surface area contributed by atoms with E-state index >= 15 is 0 Å². The van der Waals surface area contributed by atoms with Crippen LogP contribution in [0.15, 0.2) is 64.7 Å². The van der Waals surface area contributed by atoms with Crippen molar-refractivity contribution in [1.82, 2.24) is 26.4 Å². The quantitative estimate of drug-likeness (QED) is 0.162. The molecule has 1 aromatic heterocycles. The lowest BCUT2D eigenvalue weighted by atomic mass is 10.1. The van der Waals surface area contributed by atoms with Crippen molar-refractivity contribution in [3.05, 3.63) is 88.3 Å². The maximum atomic E-state index is 13.5. The van der Waals surface area contributed by atoms with Gasteiger partial charge in [0.05, 0.1) is 0 Å². The minimum absolute atomic E-state index is 0.0565. The summed E-state index contributed by atoms with van der Waals surface area (Å²) in [5, 5.41) is 24.4. The first-order chi connectivity index (χ1) is 22.3. The Labute approximate surface area is 273 Å². The first kappa shape index (κ1) is 34.4. The van der Waals surface area contributed by atoms with Crippen molar-refractivity contribution in [2.45, 2.75) is 71.6 Å². The number of nitrogens with one attached hydrogen (secondary N) is 4. The SMILES string of the molecule is Cc1ccc(CNC(=O)[C@H](COc2cccc(C=C(C#N)C(=O)NC(C)(C)C)c2)NC(=O)[C@@H](NC(=O)c2cc(C)on2)C2CC2)cc1. The molecule has 0 aliphatic heterocycles. The van der Waals surface area contributed by atoms with Crippen LogP contribution in [-0.4, -0.2) is 53.0 Å². The molecule has 4 N–H and O–H groups in total. The van der Waals surface area contributed by atoms with Gasteiger partial charge in [0.15, 0.2) is 5.69 Å². The zero-order chi connectivity index (χ0) is 34.1. The Hall–Kier alpha value is -5.44. The molecule has 0 spiro atoms. The largest absolute Gasteiger partial charge is 0.491 e. The van der Waals surface area contributed by atoms with E-state index in [-0.39, 0.29) is 30.3 Å². The minimum Gasteiger partial charge on any atom is -0.491 e. The van der Waals surface area contributed by atoms with E-state index < -0.39 is 41.3 Å². The highest BCUT2D eigenvalue weighted by Crippen LogP contribution is 2.33. The number of ether oxygens (including phenoxy) is 1. The Morgan fingerprint density at radius 1 is 1.04 bits per heavy atom. The van der Waals surface area contributed by atoms with Crippen LogP contribution in [0.4, 0.5) is 0 Å². The molecule has 246 valence electrons. The van der Waals surface area contributed by atoms with Crippen molar-refractivity contribution in [2.24, 2.45) is 5.92 Å². The monoisotopic (exact) mass is 640 g/mol. The second kappa shape index (κ2) is 15.2. The van der Waals surface area contributed by atoms with Crippen LogP contribution < -0.4 is 26.0 Å². The highest BCUT2D eigenvalue weighted by molar-refractivity contribution is 6.02. The molecule has 12 heteroatoms. The van der Waals surface area contributed by atoms with Gasteiger partial charge in [-0.1, -0.05) is 47.1 Å². The van der Waals surface area contributed by atoms with E-state index in [4.69, 9.17) is 9.26 Å². The molecule has 1 saturated carbocycles. The number of hydrogen-bond acceptors (Lipinski definition) is 8. The molecule has 2 aromatic carbocycles. The zero-order valence-electron chi connectivity index (χ0n) is 27.2. The fourth-order valence-electron chi connectivity index (χ4n) is 4.58. The number of aromatic nitrogens is 1. The lowest BCUT2D eigenvalue weighted by Gasteiger charge is -2.23. The Bertz CT molecular complexity index is 1680. The third-order valence-electron chi connectivity index (χ3n) is 7.18. The van der Waals surface area contributed by atoms with Crippen LogP contribution in [0.25, 0.3) is 6.08 Å². The zero-order valence-corrected chi connectivity index (χ0v) is 27.2. The number of carbonyl (C=O) groups is 4. The predicted molar refractivity (Wildman–Crippen MR) is 174 cm³/mol. The molecule has 1 aliphatic rings. The van der Waals surface area contributed by atoms with Gasteiger partial charge in [-0.05, 0) is 82.7 Å². The van der Waals surface area contributed by atoms with Crippen molar-refractivity contribution >= 4 is 29.7 Å². The van der Waals surface area contributed by atoms with Crippen LogP contribution >= 0.6 is 0 Å². The first-order valence-corrected chi connectivity index (χ1v) is 15.4. The first-order valence-electron chi connectivity index (χ1n) is 15.4. The molecule has 0 unspecified atom stereocenters. The Morgan fingerprint density at radius 2 is 1.77 bits per heavy atom. The van der Waals surface area contributed by atoms with E-state index in [2.05, 4.69) is 26.4 Å². The van der Waals surface area contributed by atoms with Gasteiger partial charge in [-0.25, -0.2) is 0 Å². The van der Waals surface area contributed by atoms with Crippen LogP contribution in [0.3, 0.4) is 0 Å². The van der Waals surface area contributed by atoms with Crippen molar-refractivity contribution in [1.29, 1.82) is 5.26 Å². The lowest BCUT2D eigenvalue weighted by molar-refractivity contribution is -0.131. The Balaban J connectivity index is 1.49. The van der Waals surface area contributed by atoms with E-state index in [0.29, 0.717) is 17.1 Å². The number of carbonyl (C=O) groups excluding carboxylic acids is 4. The molecule has 0 saturated heterocycles. The number of benzene rings is 2. The summed E-state index contributed by atoms with van der Waals surface area (Å²) in [6, 6.07) is 15.8. The average molecular weight is 641 g/mol. The third-order valence-corrected chi connectivity index (χ3v) is 7.18. The molecule has 4 amide bonds. The summed E-state index contributed by atoms with van der Waals surface area (Å²) >= 11 is 0. The van der Waals surface area contributed by atoms with Gasteiger partial charge in [-0.15, -0.1) is 0 Å². The van der Waals surface area contributed by atoms with Crippen molar-refractivity contribution in [2.75, 3.05) is 6.61 Å². The predicted octanol–water partition coefficient (Wildman–Crippen LogP) is 3.50. The molecule has 0 radical (unpaired) electrons. The van der Waals surface area contributed by atoms with Crippen LogP contribution in [0, 0.1) is 31.1 Å². The van der Waals surface area contributed by atoms with Crippen LogP contribution in [-0.2, 0) is 20.9 Å². The molecular formula is C35H40N6O6. The van der Waals surface area contributed by atoms with Crippen LogP contribution in [0.2, 0.25) is 0 Å². The smallest absolute Gasteiger partial charge is 0.274 e. The number of hydrogen-bond donors (Lipinski definition) is 4. The van der Waals surface area contributed by atoms with E-state index in [1.165, 1.54) is 12.1 Å². The Kier molecular flexibility index (Phi) is 11.2. The fourth-order valence-corrected chi connectivity index (χ4v) is 4.58. The lowest BCUT2D eigenvalue weighted by Crippen LogP contribution is -2.56. The summed E-state index contributed by atoms with van der Waals surface area (Å²) in [7, 11) is 0. The number of nitriles is 1. The van der Waals surface area contributed by atoms with E-state index in [1.807, 2.05) is 58.0 Å². The van der Waals surface area contributed by atoms with Gasteiger partial charge in [-0.3, -0.25) is 19.2 Å². The van der Waals surface area contributed by atoms with Gasteiger partial charge in [0.1, 0.15) is 41.8 Å². The standard InChI is InChI=1S/C35H40N6O6/c1-21-9-11-23(12-10-21)19-37-32(43)29(38-34(45)30(25-13-14-25)39-33(44)28-15-22(2)47-41-28)20-46-27-8-6-7-24(17-27)16-26(18-36)31(42)40-35(3,4)5/h6-12,15-17,25,29-30H,13-14,19-20H2,1-5H3,(H,37,43)(H,38,45)(H,39,44)(H,40,42)/t29-,30-/m0/s1. The molecule has 47 heavy (non-hydrogen) atoms. The van der Waals surface area contributed by atoms with Crippen molar-refractivity contribution in [3.63, 3.8) is 0 Å². The topological polar surface area (TPSA) is 175 Å². The van der Waals surface area contributed by atoms with Crippen molar-refractivity contribution in [3.8, 4) is 11.8 Å². The minimum atomic E-state index is -1.12. The molecule has 2 atom stereocenters. The van der Waals surface area contributed by atoms with E-state index in [1.54, 1.807) is 31.2 Å². The summed E-state index contributed by atoms with van der Waals surface area (Å²) in [5.74, 6) is -1.34. The van der Waals surface area contributed by atoms with Gasteiger partial charge in [0.25, 0.3) is 11.8 Å². The summed E-state index contributed by atoms with van der Waals surface area (Å²) in [6.45, 7) is 9.08. The second-order valence-corrected chi connectivity index (χ2v) is 12.6. The van der Waals surface area contributed by atoms with Crippen molar-refractivity contribution < 1.29 is 28.4 Å². The molecule has 1 aliphatic carbocycles. The number of aryl methyl sites for hydroxylation is 2. The van der Waals surface area contributed by atoms with Gasteiger partial charge < -0.3 is 30.5 Å².